The molecule has 0 saturated heterocycles. The maximum Gasteiger partial charge on any atom is 0.235 e. The molecule has 0 radical (unpaired) electrons. The molecule has 2 aromatic heterocycles. The summed E-state index contributed by atoms with van der Waals surface area (Å²) in [5, 5.41) is 14.1. The minimum Gasteiger partial charge on any atom is -0.494 e. The van der Waals surface area contributed by atoms with E-state index in [2.05, 4.69) is 34.4 Å². The van der Waals surface area contributed by atoms with Crippen LogP contribution in [0.1, 0.15) is 12.5 Å². The SMILES string of the molecule is CCOc1ccc(-c2nn3c(-c4ccc(C)cc4)nnc3s2)cc1. The van der Waals surface area contributed by atoms with Crippen LogP contribution in [0.2, 0.25) is 0 Å². The molecule has 4 aromatic rings. The van der Waals surface area contributed by atoms with Gasteiger partial charge in [0.15, 0.2) is 5.82 Å². The van der Waals surface area contributed by atoms with Crippen LogP contribution < -0.4 is 4.74 Å². The first-order chi connectivity index (χ1) is 11.7. The van der Waals surface area contributed by atoms with Crippen molar-refractivity contribution in [3.63, 3.8) is 0 Å². The van der Waals surface area contributed by atoms with Crippen LogP contribution >= 0.6 is 11.3 Å². The Bertz CT molecular complexity index is 971. The summed E-state index contributed by atoms with van der Waals surface area (Å²) in [5.41, 5.74) is 3.27. The lowest BCUT2D eigenvalue weighted by Gasteiger charge is -2.02. The van der Waals surface area contributed by atoms with Gasteiger partial charge in [-0.25, -0.2) is 0 Å². The van der Waals surface area contributed by atoms with Gasteiger partial charge >= 0.3 is 0 Å². The van der Waals surface area contributed by atoms with E-state index in [4.69, 9.17) is 4.74 Å². The molecule has 0 aliphatic heterocycles. The van der Waals surface area contributed by atoms with E-state index in [-0.39, 0.29) is 0 Å². The monoisotopic (exact) mass is 336 g/mol. The molecule has 0 spiro atoms. The topological polar surface area (TPSA) is 52.3 Å². The second kappa shape index (κ2) is 6.05. The van der Waals surface area contributed by atoms with Crippen molar-refractivity contribution < 1.29 is 4.74 Å². The van der Waals surface area contributed by atoms with Crippen molar-refractivity contribution in [1.29, 1.82) is 0 Å². The van der Waals surface area contributed by atoms with Gasteiger partial charge in [-0.05, 0) is 38.1 Å². The Hall–Kier alpha value is -2.73. The zero-order chi connectivity index (χ0) is 16.5. The van der Waals surface area contributed by atoms with E-state index in [1.165, 1.54) is 16.9 Å². The maximum atomic E-state index is 5.48. The highest BCUT2D eigenvalue weighted by Gasteiger charge is 2.14. The Morgan fingerprint density at radius 1 is 0.958 bits per heavy atom. The summed E-state index contributed by atoms with van der Waals surface area (Å²) in [6.07, 6.45) is 0. The Kier molecular flexibility index (Phi) is 3.74. The summed E-state index contributed by atoms with van der Waals surface area (Å²) in [4.78, 5) is 0.787. The molecule has 0 N–H and O–H groups in total. The Labute approximate surface area is 143 Å². The van der Waals surface area contributed by atoms with E-state index >= 15 is 0 Å². The Balaban J connectivity index is 1.72. The van der Waals surface area contributed by atoms with Crippen LogP contribution in [0.3, 0.4) is 0 Å². The summed E-state index contributed by atoms with van der Waals surface area (Å²) in [6, 6.07) is 16.2. The van der Waals surface area contributed by atoms with Crippen LogP contribution in [0.5, 0.6) is 5.75 Å². The third-order valence-corrected chi connectivity index (χ3v) is 4.66. The lowest BCUT2D eigenvalue weighted by molar-refractivity contribution is 0.340. The molecule has 4 rings (SSSR count). The second-order valence-corrected chi connectivity index (χ2v) is 6.40. The fourth-order valence-electron chi connectivity index (χ4n) is 2.48. The van der Waals surface area contributed by atoms with Gasteiger partial charge in [0.1, 0.15) is 10.8 Å². The first-order valence-corrected chi connectivity index (χ1v) is 8.59. The predicted molar refractivity (Wildman–Crippen MR) is 95.4 cm³/mol. The number of fused-ring (bicyclic) bond motifs is 1. The number of nitrogens with zero attached hydrogens (tertiary/aromatic N) is 4. The van der Waals surface area contributed by atoms with E-state index in [1.54, 1.807) is 4.52 Å². The molecule has 2 heterocycles. The molecule has 2 aromatic carbocycles. The van der Waals surface area contributed by atoms with Crippen molar-refractivity contribution in [3.8, 4) is 27.7 Å². The first kappa shape index (κ1) is 14.8. The van der Waals surface area contributed by atoms with Gasteiger partial charge in [0.25, 0.3) is 0 Å². The molecule has 0 atom stereocenters. The Morgan fingerprint density at radius 2 is 1.67 bits per heavy atom. The van der Waals surface area contributed by atoms with Crippen molar-refractivity contribution in [2.24, 2.45) is 0 Å². The second-order valence-electron chi connectivity index (χ2n) is 5.45. The van der Waals surface area contributed by atoms with Crippen molar-refractivity contribution in [3.05, 3.63) is 54.1 Å². The molecule has 0 bridgehead atoms. The smallest absolute Gasteiger partial charge is 0.235 e. The number of aryl methyl sites for hydroxylation is 1. The average molecular weight is 336 g/mol. The summed E-state index contributed by atoms with van der Waals surface area (Å²) >= 11 is 1.53. The molecular formula is C18H16N4OS. The fraction of sp³-hybridized carbons (Fsp3) is 0.167. The summed E-state index contributed by atoms with van der Waals surface area (Å²) in [6.45, 7) is 4.70. The van der Waals surface area contributed by atoms with Crippen LogP contribution in [0, 0.1) is 6.92 Å². The van der Waals surface area contributed by atoms with Crippen LogP contribution in [0.4, 0.5) is 0 Å². The molecule has 0 amide bonds. The highest BCUT2D eigenvalue weighted by Crippen LogP contribution is 2.29. The summed E-state index contributed by atoms with van der Waals surface area (Å²) in [5.74, 6) is 1.63. The number of ether oxygens (including phenoxy) is 1. The summed E-state index contributed by atoms with van der Waals surface area (Å²) < 4.78 is 7.29. The zero-order valence-corrected chi connectivity index (χ0v) is 14.2. The van der Waals surface area contributed by atoms with Gasteiger partial charge in [-0.3, -0.25) is 0 Å². The van der Waals surface area contributed by atoms with E-state index < -0.39 is 0 Å². The number of hydrogen-bond acceptors (Lipinski definition) is 5. The highest BCUT2D eigenvalue weighted by molar-refractivity contribution is 7.19. The first-order valence-electron chi connectivity index (χ1n) is 7.77. The molecule has 6 heteroatoms. The van der Waals surface area contributed by atoms with Crippen molar-refractivity contribution in [2.45, 2.75) is 13.8 Å². The molecule has 120 valence electrons. The van der Waals surface area contributed by atoms with Gasteiger partial charge in [0, 0.05) is 11.1 Å². The van der Waals surface area contributed by atoms with E-state index in [0.717, 1.165) is 32.7 Å². The highest BCUT2D eigenvalue weighted by atomic mass is 32.1. The molecule has 0 unspecified atom stereocenters. The summed E-state index contributed by atoms with van der Waals surface area (Å²) in [7, 11) is 0. The van der Waals surface area contributed by atoms with Gasteiger partial charge in [0.05, 0.1) is 6.61 Å². The molecule has 0 aliphatic rings. The quantitative estimate of drug-likeness (QED) is 0.560. The standard InChI is InChI=1S/C18H16N4OS/c1-3-23-15-10-8-14(9-11-15)17-21-22-16(19-20-18(22)24-17)13-6-4-12(2)5-7-13/h4-11H,3H2,1-2H3. The number of benzene rings is 2. The molecule has 0 fully saturated rings. The lowest BCUT2D eigenvalue weighted by Crippen LogP contribution is -1.92. The molecule has 24 heavy (non-hydrogen) atoms. The van der Waals surface area contributed by atoms with Gasteiger partial charge in [0.2, 0.25) is 4.96 Å². The molecule has 5 nitrogen and oxygen atoms in total. The van der Waals surface area contributed by atoms with E-state index in [1.807, 2.05) is 43.3 Å². The van der Waals surface area contributed by atoms with Gasteiger partial charge in [-0.15, -0.1) is 10.2 Å². The normalized spacial score (nSPS) is 11.1. The zero-order valence-electron chi connectivity index (χ0n) is 13.4. The Morgan fingerprint density at radius 3 is 2.38 bits per heavy atom. The van der Waals surface area contributed by atoms with Crippen LogP contribution in [-0.2, 0) is 0 Å². The third-order valence-electron chi connectivity index (χ3n) is 3.71. The minimum atomic E-state index is 0.663. The van der Waals surface area contributed by atoms with Crippen LogP contribution in [0.25, 0.3) is 26.9 Å². The van der Waals surface area contributed by atoms with Gasteiger partial charge in [-0.1, -0.05) is 41.2 Å². The maximum absolute atomic E-state index is 5.48. The molecule has 0 aliphatic carbocycles. The van der Waals surface area contributed by atoms with Crippen LogP contribution in [0.15, 0.2) is 48.5 Å². The number of rotatable bonds is 4. The van der Waals surface area contributed by atoms with Gasteiger partial charge < -0.3 is 4.74 Å². The average Bonchev–Trinajstić information content (AvgIpc) is 3.17. The van der Waals surface area contributed by atoms with Crippen molar-refractivity contribution in [2.75, 3.05) is 6.61 Å². The van der Waals surface area contributed by atoms with Crippen molar-refractivity contribution >= 4 is 16.3 Å². The minimum absolute atomic E-state index is 0.663. The van der Waals surface area contributed by atoms with E-state index in [9.17, 15) is 0 Å². The number of hydrogen-bond donors (Lipinski definition) is 0. The van der Waals surface area contributed by atoms with Crippen molar-refractivity contribution in [1.82, 2.24) is 19.8 Å². The van der Waals surface area contributed by atoms with E-state index in [0.29, 0.717) is 6.61 Å². The molecule has 0 saturated carbocycles. The van der Waals surface area contributed by atoms with Gasteiger partial charge in [-0.2, -0.15) is 9.61 Å². The number of aromatic nitrogens is 4. The lowest BCUT2D eigenvalue weighted by atomic mass is 10.1. The third kappa shape index (κ3) is 2.65. The predicted octanol–water partition coefficient (Wildman–Crippen LogP) is 4.23. The largest absolute Gasteiger partial charge is 0.494 e. The molecular weight excluding hydrogens is 320 g/mol. The van der Waals surface area contributed by atoms with Crippen LogP contribution in [-0.4, -0.2) is 26.4 Å². The fourth-order valence-corrected chi connectivity index (χ4v) is 3.32.